The van der Waals surface area contributed by atoms with Gasteiger partial charge in [-0.15, -0.1) is 0 Å². The molecule has 0 aromatic carbocycles. The summed E-state index contributed by atoms with van der Waals surface area (Å²) in [5.41, 5.74) is 0. The van der Waals surface area contributed by atoms with Gasteiger partial charge in [-0.05, 0) is 19.8 Å². The van der Waals surface area contributed by atoms with Crippen LogP contribution in [0.15, 0.2) is 0 Å². The number of carbonyl (C=O) groups excluding carboxylic acids is 1. The second-order valence-electron chi connectivity index (χ2n) is 4.07. The largest absolute Gasteiger partial charge is 0.394 e. The van der Waals surface area contributed by atoms with Crippen molar-refractivity contribution in [2.45, 2.75) is 38.6 Å². The van der Waals surface area contributed by atoms with E-state index < -0.39 is 5.92 Å². The summed E-state index contributed by atoms with van der Waals surface area (Å²) < 4.78 is 0. The van der Waals surface area contributed by atoms with Crippen LogP contribution in [0.5, 0.6) is 0 Å². The van der Waals surface area contributed by atoms with Crippen molar-refractivity contribution in [2.75, 3.05) is 13.2 Å². The molecule has 1 aliphatic heterocycles. The van der Waals surface area contributed by atoms with E-state index in [2.05, 4.69) is 0 Å². The number of aliphatic hydroxyl groups excluding tert-OH is 1. The third kappa shape index (κ3) is 2.93. The summed E-state index contributed by atoms with van der Waals surface area (Å²) in [7, 11) is 0. The molecule has 0 aliphatic carbocycles. The first-order chi connectivity index (χ1) is 7.20. The quantitative estimate of drug-likeness (QED) is 0.736. The van der Waals surface area contributed by atoms with Crippen molar-refractivity contribution < 1.29 is 9.90 Å². The molecule has 0 aromatic rings. The first-order valence-electron chi connectivity index (χ1n) is 5.51. The molecule has 4 nitrogen and oxygen atoms in total. The minimum Gasteiger partial charge on any atom is -0.394 e. The Kier molecular flexibility index (Phi) is 4.57. The Balaban J connectivity index is 2.70. The molecule has 0 aromatic heterocycles. The predicted octanol–water partition coefficient (Wildman–Crippen LogP) is 0.910. The maximum Gasteiger partial charge on any atom is 0.239 e. The van der Waals surface area contributed by atoms with Gasteiger partial charge in [-0.3, -0.25) is 4.79 Å². The molecule has 0 radical (unpaired) electrons. The highest BCUT2D eigenvalue weighted by atomic mass is 16.3. The van der Waals surface area contributed by atoms with Gasteiger partial charge in [0.2, 0.25) is 5.91 Å². The zero-order valence-corrected chi connectivity index (χ0v) is 9.15. The normalized spacial score (nSPS) is 24.1. The van der Waals surface area contributed by atoms with Gasteiger partial charge in [0.05, 0.1) is 18.7 Å². The van der Waals surface area contributed by atoms with E-state index in [0.29, 0.717) is 6.54 Å². The Morgan fingerprint density at radius 1 is 1.60 bits per heavy atom. The molecule has 1 rings (SSSR count). The van der Waals surface area contributed by atoms with Crippen LogP contribution >= 0.6 is 0 Å². The molecule has 1 heterocycles. The lowest BCUT2D eigenvalue weighted by Crippen LogP contribution is -2.44. The van der Waals surface area contributed by atoms with Crippen LogP contribution in [0.2, 0.25) is 0 Å². The molecule has 1 fully saturated rings. The Hall–Kier alpha value is -1.08. The molecule has 2 atom stereocenters. The number of amides is 1. The predicted molar refractivity (Wildman–Crippen MR) is 55.8 cm³/mol. The second-order valence-corrected chi connectivity index (χ2v) is 4.07. The van der Waals surface area contributed by atoms with Crippen LogP contribution in [0.1, 0.15) is 32.6 Å². The molecule has 4 heteroatoms. The summed E-state index contributed by atoms with van der Waals surface area (Å²) in [6.07, 6.45) is 3.97. The monoisotopic (exact) mass is 210 g/mol. The number of aliphatic hydroxyl groups is 1. The number of hydrogen-bond donors (Lipinski definition) is 1. The molecule has 2 unspecified atom stereocenters. The van der Waals surface area contributed by atoms with Crippen molar-refractivity contribution in [3.63, 3.8) is 0 Å². The molecule has 84 valence electrons. The van der Waals surface area contributed by atoms with E-state index in [0.717, 1.165) is 25.7 Å². The van der Waals surface area contributed by atoms with Crippen LogP contribution in [0.25, 0.3) is 0 Å². The van der Waals surface area contributed by atoms with Crippen LogP contribution < -0.4 is 0 Å². The fraction of sp³-hybridized carbons (Fsp3) is 0.818. The van der Waals surface area contributed by atoms with Gasteiger partial charge < -0.3 is 10.0 Å². The van der Waals surface area contributed by atoms with Gasteiger partial charge in [-0.2, -0.15) is 5.26 Å². The van der Waals surface area contributed by atoms with Gasteiger partial charge in [0, 0.05) is 6.54 Å². The van der Waals surface area contributed by atoms with E-state index in [-0.39, 0.29) is 18.6 Å². The van der Waals surface area contributed by atoms with Gasteiger partial charge in [0.15, 0.2) is 0 Å². The van der Waals surface area contributed by atoms with Crippen molar-refractivity contribution in [1.29, 1.82) is 5.26 Å². The Morgan fingerprint density at radius 3 is 2.93 bits per heavy atom. The van der Waals surface area contributed by atoms with Gasteiger partial charge in [-0.25, -0.2) is 0 Å². The minimum absolute atomic E-state index is 0.00386. The van der Waals surface area contributed by atoms with Crippen LogP contribution in [0.3, 0.4) is 0 Å². The molecule has 15 heavy (non-hydrogen) atoms. The molecular weight excluding hydrogens is 192 g/mol. The fourth-order valence-electron chi connectivity index (χ4n) is 1.96. The van der Waals surface area contributed by atoms with E-state index in [1.54, 1.807) is 11.8 Å². The standard InChI is InChI=1S/C11H18N2O2/c1-9(7-12)11(15)13-6-4-2-3-5-10(13)8-14/h9-10,14H,2-6,8H2,1H3. The molecule has 0 saturated carbocycles. The lowest BCUT2D eigenvalue weighted by Gasteiger charge is -2.29. The van der Waals surface area contributed by atoms with E-state index in [1.165, 1.54) is 0 Å². The van der Waals surface area contributed by atoms with Crippen molar-refractivity contribution in [2.24, 2.45) is 5.92 Å². The zero-order valence-electron chi connectivity index (χ0n) is 9.15. The summed E-state index contributed by atoms with van der Waals surface area (Å²) >= 11 is 0. The Labute approximate surface area is 90.5 Å². The second kappa shape index (κ2) is 5.72. The third-order valence-electron chi connectivity index (χ3n) is 2.94. The van der Waals surface area contributed by atoms with E-state index >= 15 is 0 Å². The molecule has 1 amide bonds. The summed E-state index contributed by atoms with van der Waals surface area (Å²) in [5, 5.41) is 17.9. The summed E-state index contributed by atoms with van der Waals surface area (Å²) in [6.45, 7) is 2.29. The van der Waals surface area contributed by atoms with E-state index in [4.69, 9.17) is 5.26 Å². The van der Waals surface area contributed by atoms with Crippen molar-refractivity contribution in [3.05, 3.63) is 0 Å². The van der Waals surface area contributed by atoms with Crippen LogP contribution in [-0.2, 0) is 4.79 Å². The smallest absolute Gasteiger partial charge is 0.239 e. The number of carbonyl (C=O) groups is 1. The number of hydrogen-bond acceptors (Lipinski definition) is 3. The third-order valence-corrected chi connectivity index (χ3v) is 2.94. The van der Waals surface area contributed by atoms with Crippen molar-refractivity contribution >= 4 is 5.91 Å². The highest BCUT2D eigenvalue weighted by Gasteiger charge is 2.27. The van der Waals surface area contributed by atoms with Gasteiger partial charge in [0.1, 0.15) is 5.92 Å². The van der Waals surface area contributed by atoms with Crippen LogP contribution in [0.4, 0.5) is 0 Å². The molecule has 0 bridgehead atoms. The molecule has 0 spiro atoms. The summed E-state index contributed by atoms with van der Waals surface area (Å²) in [4.78, 5) is 13.5. The fourth-order valence-corrected chi connectivity index (χ4v) is 1.96. The van der Waals surface area contributed by atoms with Crippen LogP contribution in [0, 0.1) is 17.2 Å². The molecule has 1 saturated heterocycles. The first-order valence-corrected chi connectivity index (χ1v) is 5.51. The summed E-state index contributed by atoms with van der Waals surface area (Å²) in [6, 6.07) is 1.87. The first kappa shape index (κ1) is 12.0. The van der Waals surface area contributed by atoms with Gasteiger partial charge >= 0.3 is 0 Å². The average molecular weight is 210 g/mol. The number of nitriles is 1. The maximum atomic E-state index is 11.8. The van der Waals surface area contributed by atoms with Gasteiger partial charge in [0.25, 0.3) is 0 Å². The Bertz CT molecular complexity index is 260. The maximum absolute atomic E-state index is 11.8. The van der Waals surface area contributed by atoms with Crippen LogP contribution in [-0.4, -0.2) is 35.1 Å². The Morgan fingerprint density at radius 2 is 2.33 bits per heavy atom. The molecule has 1 N–H and O–H groups in total. The van der Waals surface area contributed by atoms with E-state index in [1.807, 2.05) is 6.07 Å². The lowest BCUT2D eigenvalue weighted by atomic mass is 10.1. The zero-order chi connectivity index (χ0) is 11.3. The molecular formula is C11H18N2O2. The minimum atomic E-state index is -0.600. The number of rotatable bonds is 2. The van der Waals surface area contributed by atoms with Crippen molar-refractivity contribution in [1.82, 2.24) is 4.90 Å². The highest BCUT2D eigenvalue weighted by Crippen LogP contribution is 2.18. The number of likely N-dealkylation sites (tertiary alicyclic amines) is 1. The summed E-state index contributed by atoms with van der Waals surface area (Å²) in [5.74, 6) is -0.740. The van der Waals surface area contributed by atoms with Gasteiger partial charge in [-0.1, -0.05) is 12.8 Å². The van der Waals surface area contributed by atoms with E-state index in [9.17, 15) is 9.90 Å². The number of nitrogens with zero attached hydrogens (tertiary/aromatic N) is 2. The average Bonchev–Trinajstić information content (AvgIpc) is 2.51. The topological polar surface area (TPSA) is 64.3 Å². The van der Waals surface area contributed by atoms with Crippen molar-refractivity contribution in [3.8, 4) is 6.07 Å². The highest BCUT2D eigenvalue weighted by molar-refractivity contribution is 5.81. The molecule has 1 aliphatic rings. The SMILES string of the molecule is CC(C#N)C(=O)N1CCCCCC1CO. The lowest BCUT2D eigenvalue weighted by molar-refractivity contribution is -0.136.